The summed E-state index contributed by atoms with van der Waals surface area (Å²) in [5.74, 6) is 0. The average molecular weight is 396 g/mol. The van der Waals surface area contributed by atoms with Crippen LogP contribution in [-0.2, 0) is 21.6 Å². The van der Waals surface area contributed by atoms with Crippen LogP contribution >= 0.6 is 23.2 Å². The molecule has 0 spiro atoms. The molecule has 2 aromatic rings. The number of nitrogens with zero attached hydrogens (tertiary/aromatic N) is 3. The lowest BCUT2D eigenvalue weighted by atomic mass is 9.90. The Morgan fingerprint density at radius 2 is 2.16 bits per heavy atom. The van der Waals surface area contributed by atoms with E-state index < -0.39 is 24.5 Å². The molecule has 1 aliphatic rings. The van der Waals surface area contributed by atoms with Crippen LogP contribution in [-0.4, -0.2) is 40.3 Å². The fourth-order valence-electron chi connectivity index (χ4n) is 2.88. The van der Waals surface area contributed by atoms with Gasteiger partial charge in [-0.25, -0.2) is 9.67 Å². The van der Waals surface area contributed by atoms with Gasteiger partial charge in [0.15, 0.2) is 0 Å². The standard InChI is InChI=1S/C15H14Cl2F3N3O2/c16-10-1-2-12(13(17)3-10)14(6-23-9-21-8-22-23)4-11(5-25-14)24-7-15(18,19)20/h1-3,8-9,11H,4-7H2. The van der Waals surface area contributed by atoms with Crippen LogP contribution in [0.25, 0.3) is 0 Å². The number of aromatic nitrogens is 3. The van der Waals surface area contributed by atoms with Crippen LogP contribution in [0.2, 0.25) is 10.0 Å². The van der Waals surface area contributed by atoms with Crippen molar-refractivity contribution in [2.75, 3.05) is 13.2 Å². The summed E-state index contributed by atoms with van der Waals surface area (Å²) in [5, 5.41) is 4.86. The first kappa shape index (κ1) is 18.4. The highest BCUT2D eigenvalue weighted by Gasteiger charge is 2.45. The highest BCUT2D eigenvalue weighted by Crippen LogP contribution is 2.42. The molecule has 0 N–H and O–H groups in total. The van der Waals surface area contributed by atoms with E-state index in [-0.39, 0.29) is 19.6 Å². The fraction of sp³-hybridized carbons (Fsp3) is 0.467. The molecule has 2 heterocycles. The first-order valence-corrected chi connectivity index (χ1v) is 8.13. The quantitative estimate of drug-likeness (QED) is 0.771. The van der Waals surface area contributed by atoms with Gasteiger partial charge in [-0.05, 0) is 12.1 Å². The zero-order valence-electron chi connectivity index (χ0n) is 12.8. The van der Waals surface area contributed by atoms with Crippen molar-refractivity contribution >= 4 is 23.2 Å². The zero-order chi connectivity index (χ0) is 18.1. The van der Waals surface area contributed by atoms with E-state index in [2.05, 4.69) is 10.1 Å². The number of ether oxygens (including phenoxy) is 2. The monoisotopic (exact) mass is 395 g/mol. The molecule has 3 rings (SSSR count). The van der Waals surface area contributed by atoms with Crippen LogP contribution in [0.1, 0.15) is 12.0 Å². The third-order valence-electron chi connectivity index (χ3n) is 3.89. The minimum absolute atomic E-state index is 0.0176. The number of halogens is 5. The van der Waals surface area contributed by atoms with Crippen molar-refractivity contribution in [3.63, 3.8) is 0 Å². The lowest BCUT2D eigenvalue weighted by Crippen LogP contribution is -2.32. The van der Waals surface area contributed by atoms with Gasteiger partial charge in [-0.2, -0.15) is 18.3 Å². The molecule has 25 heavy (non-hydrogen) atoms. The van der Waals surface area contributed by atoms with Crippen LogP contribution in [0.15, 0.2) is 30.9 Å². The summed E-state index contributed by atoms with van der Waals surface area (Å²) in [6.07, 6.45) is -2.04. The molecule has 0 amide bonds. The number of hydrogen-bond acceptors (Lipinski definition) is 4. The maximum absolute atomic E-state index is 12.4. The Labute approximate surface area is 151 Å². The first-order valence-electron chi connectivity index (χ1n) is 7.38. The molecule has 1 aromatic carbocycles. The number of benzene rings is 1. The molecular weight excluding hydrogens is 382 g/mol. The van der Waals surface area contributed by atoms with E-state index >= 15 is 0 Å². The second-order valence-corrected chi connectivity index (χ2v) is 6.62. The molecule has 0 radical (unpaired) electrons. The molecule has 2 atom stereocenters. The van der Waals surface area contributed by atoms with Crippen molar-refractivity contribution in [2.45, 2.75) is 30.8 Å². The Hall–Kier alpha value is -1.35. The molecule has 0 saturated carbocycles. The minimum atomic E-state index is -4.39. The van der Waals surface area contributed by atoms with Gasteiger partial charge in [0.2, 0.25) is 0 Å². The van der Waals surface area contributed by atoms with Gasteiger partial charge in [0.1, 0.15) is 24.9 Å². The predicted octanol–water partition coefficient (Wildman–Crippen LogP) is 3.85. The zero-order valence-corrected chi connectivity index (χ0v) is 14.4. The molecule has 1 saturated heterocycles. The summed E-state index contributed by atoms with van der Waals surface area (Å²) in [4.78, 5) is 3.88. The molecule has 2 unspecified atom stereocenters. The van der Waals surface area contributed by atoms with Gasteiger partial charge < -0.3 is 9.47 Å². The lowest BCUT2D eigenvalue weighted by molar-refractivity contribution is -0.184. The summed E-state index contributed by atoms with van der Waals surface area (Å²) in [6.45, 7) is -1.07. The van der Waals surface area contributed by atoms with E-state index in [0.717, 1.165) is 0 Å². The van der Waals surface area contributed by atoms with Crippen LogP contribution in [0.4, 0.5) is 13.2 Å². The van der Waals surface area contributed by atoms with Crippen LogP contribution in [0.3, 0.4) is 0 Å². The Kier molecular flexibility index (Phi) is 5.24. The van der Waals surface area contributed by atoms with E-state index in [1.54, 1.807) is 18.2 Å². The molecule has 1 aliphatic heterocycles. The van der Waals surface area contributed by atoms with Crippen LogP contribution in [0, 0.1) is 0 Å². The van der Waals surface area contributed by atoms with Gasteiger partial charge in [-0.15, -0.1) is 0 Å². The summed E-state index contributed by atoms with van der Waals surface area (Å²) in [6, 6.07) is 4.92. The Bertz CT molecular complexity index is 727. The Morgan fingerprint density at radius 3 is 2.80 bits per heavy atom. The third-order valence-corrected chi connectivity index (χ3v) is 4.44. The Morgan fingerprint density at radius 1 is 1.36 bits per heavy atom. The smallest absolute Gasteiger partial charge is 0.366 e. The first-order chi connectivity index (χ1) is 11.8. The van der Waals surface area contributed by atoms with E-state index in [9.17, 15) is 13.2 Å². The molecular formula is C15H14Cl2F3N3O2. The maximum atomic E-state index is 12.4. The highest BCUT2D eigenvalue weighted by molar-refractivity contribution is 6.35. The summed E-state index contributed by atoms with van der Waals surface area (Å²) < 4.78 is 49.6. The lowest BCUT2D eigenvalue weighted by Gasteiger charge is -2.29. The Balaban J connectivity index is 1.86. The van der Waals surface area contributed by atoms with Gasteiger partial charge in [0.25, 0.3) is 0 Å². The average Bonchev–Trinajstić information content (AvgIpc) is 3.15. The molecule has 5 nitrogen and oxygen atoms in total. The van der Waals surface area contributed by atoms with Crippen LogP contribution in [0.5, 0.6) is 0 Å². The molecule has 10 heteroatoms. The molecule has 136 valence electrons. The van der Waals surface area contributed by atoms with Crippen molar-refractivity contribution in [3.8, 4) is 0 Å². The van der Waals surface area contributed by atoms with Gasteiger partial charge in [0, 0.05) is 22.0 Å². The SMILES string of the molecule is FC(F)(F)COC1COC(Cn2cncn2)(c2ccc(Cl)cc2Cl)C1. The molecule has 1 aromatic heterocycles. The minimum Gasteiger partial charge on any atom is -0.366 e. The summed E-state index contributed by atoms with van der Waals surface area (Å²) >= 11 is 12.2. The largest absolute Gasteiger partial charge is 0.411 e. The number of hydrogen-bond donors (Lipinski definition) is 0. The van der Waals surface area contributed by atoms with E-state index in [4.69, 9.17) is 32.7 Å². The predicted molar refractivity (Wildman–Crippen MR) is 84.5 cm³/mol. The third kappa shape index (κ3) is 4.44. The second kappa shape index (κ2) is 7.11. The van der Waals surface area contributed by atoms with Crippen LogP contribution < -0.4 is 0 Å². The molecule has 0 aliphatic carbocycles. The van der Waals surface area contributed by atoms with E-state index in [0.29, 0.717) is 15.6 Å². The van der Waals surface area contributed by atoms with Crippen molar-refractivity contribution < 1.29 is 22.6 Å². The van der Waals surface area contributed by atoms with Crippen molar-refractivity contribution in [1.82, 2.24) is 14.8 Å². The van der Waals surface area contributed by atoms with Gasteiger partial charge in [-0.3, -0.25) is 0 Å². The number of alkyl halides is 3. The highest BCUT2D eigenvalue weighted by atomic mass is 35.5. The van der Waals surface area contributed by atoms with Crippen molar-refractivity contribution in [1.29, 1.82) is 0 Å². The van der Waals surface area contributed by atoms with Gasteiger partial charge in [-0.1, -0.05) is 29.3 Å². The molecule has 1 fully saturated rings. The van der Waals surface area contributed by atoms with Crippen molar-refractivity contribution in [3.05, 3.63) is 46.5 Å². The second-order valence-electron chi connectivity index (χ2n) is 5.77. The fourth-order valence-corrected chi connectivity index (χ4v) is 3.46. The summed E-state index contributed by atoms with van der Waals surface area (Å²) in [5.41, 5.74) is -0.363. The number of rotatable bonds is 5. The summed E-state index contributed by atoms with van der Waals surface area (Å²) in [7, 11) is 0. The topological polar surface area (TPSA) is 49.2 Å². The molecule has 0 bridgehead atoms. The van der Waals surface area contributed by atoms with Crippen molar-refractivity contribution in [2.24, 2.45) is 0 Å². The van der Waals surface area contributed by atoms with E-state index in [1.165, 1.54) is 17.3 Å². The normalized spacial score (nSPS) is 24.0. The van der Waals surface area contributed by atoms with Gasteiger partial charge >= 0.3 is 6.18 Å². The van der Waals surface area contributed by atoms with E-state index in [1.807, 2.05) is 0 Å². The maximum Gasteiger partial charge on any atom is 0.411 e. The van der Waals surface area contributed by atoms with Gasteiger partial charge in [0.05, 0.1) is 19.3 Å².